The number of anilines is 1. The molecule has 9 nitrogen and oxygen atoms in total. The Kier molecular flexibility index (Phi) is 6.81. The summed E-state index contributed by atoms with van der Waals surface area (Å²) in [4.78, 5) is 28.1. The molecular formula is C19H15F2N3O6S2. The molecule has 0 radical (unpaired) electrons. The molecule has 1 aromatic heterocycles. The second-order valence-corrected chi connectivity index (χ2v) is 8.61. The third-order valence-corrected chi connectivity index (χ3v) is 5.68. The van der Waals surface area contributed by atoms with Crippen LogP contribution in [0.25, 0.3) is 11.3 Å². The van der Waals surface area contributed by atoms with Gasteiger partial charge in [0, 0.05) is 10.9 Å². The molecule has 1 heterocycles. The van der Waals surface area contributed by atoms with Crippen molar-refractivity contribution in [2.24, 2.45) is 5.14 Å². The zero-order valence-electron chi connectivity index (χ0n) is 16.3. The number of carbonyl (C=O) groups is 2. The fourth-order valence-corrected chi connectivity index (χ4v) is 3.80. The van der Waals surface area contributed by atoms with E-state index in [2.05, 4.69) is 10.3 Å². The molecule has 3 rings (SSSR count). The van der Waals surface area contributed by atoms with E-state index in [-0.39, 0.29) is 32.6 Å². The van der Waals surface area contributed by atoms with E-state index in [9.17, 15) is 26.8 Å². The first kappa shape index (κ1) is 23.2. The number of ether oxygens (including phenoxy) is 2. The van der Waals surface area contributed by atoms with Gasteiger partial charge >= 0.3 is 5.97 Å². The van der Waals surface area contributed by atoms with Gasteiger partial charge < -0.3 is 9.47 Å². The van der Waals surface area contributed by atoms with Crippen molar-refractivity contribution in [2.45, 2.75) is 4.90 Å². The zero-order valence-corrected chi connectivity index (χ0v) is 17.9. The van der Waals surface area contributed by atoms with E-state index in [0.717, 1.165) is 41.7 Å². The molecule has 0 saturated heterocycles. The SMILES string of the molecule is COc1ccc(S(N)(=O)=O)cc1C(=O)OCC(=O)Nc1nc(-c2cc(F)ccc2F)cs1. The molecule has 0 unspecified atom stereocenters. The highest BCUT2D eigenvalue weighted by molar-refractivity contribution is 7.89. The predicted octanol–water partition coefficient (Wildman–Crippen LogP) is 2.54. The van der Waals surface area contributed by atoms with E-state index in [0.29, 0.717) is 0 Å². The summed E-state index contributed by atoms with van der Waals surface area (Å²) in [6.45, 7) is -0.731. The van der Waals surface area contributed by atoms with E-state index < -0.39 is 40.1 Å². The van der Waals surface area contributed by atoms with Gasteiger partial charge in [0.15, 0.2) is 11.7 Å². The standard InChI is InChI=1S/C19H15F2N3O6S2/c1-29-16-5-3-11(32(22,27)28)7-13(16)18(26)30-8-17(25)24-19-23-15(9-31-19)12-6-10(20)2-4-14(12)21/h2-7,9H,8H2,1H3,(H2,22,27,28)(H,23,24,25). The summed E-state index contributed by atoms with van der Waals surface area (Å²) in [7, 11) is -2.82. The first-order valence-corrected chi connectivity index (χ1v) is 11.1. The Morgan fingerprint density at radius 1 is 1.19 bits per heavy atom. The number of methoxy groups -OCH3 is 1. The Bertz CT molecular complexity index is 1290. The van der Waals surface area contributed by atoms with E-state index in [1.165, 1.54) is 18.6 Å². The van der Waals surface area contributed by atoms with Crippen molar-refractivity contribution in [1.82, 2.24) is 4.98 Å². The molecule has 0 aliphatic rings. The van der Waals surface area contributed by atoms with Crippen LogP contribution in [0.4, 0.5) is 13.9 Å². The molecule has 0 atom stereocenters. The number of nitrogens with zero attached hydrogens (tertiary/aromatic N) is 1. The Hall–Kier alpha value is -3.42. The fraction of sp³-hybridized carbons (Fsp3) is 0.105. The number of esters is 1. The van der Waals surface area contributed by atoms with E-state index in [1.807, 2.05) is 0 Å². The summed E-state index contributed by atoms with van der Waals surface area (Å²) in [5.74, 6) is -3.10. The molecule has 32 heavy (non-hydrogen) atoms. The Labute approximate surface area is 184 Å². The van der Waals surface area contributed by atoms with Crippen LogP contribution in [-0.2, 0) is 19.6 Å². The topological polar surface area (TPSA) is 138 Å². The van der Waals surface area contributed by atoms with Gasteiger partial charge in [-0.2, -0.15) is 0 Å². The van der Waals surface area contributed by atoms with Gasteiger partial charge in [-0.3, -0.25) is 10.1 Å². The molecular weight excluding hydrogens is 468 g/mol. The molecule has 1 amide bonds. The quantitative estimate of drug-likeness (QED) is 0.493. The maximum atomic E-state index is 13.9. The maximum Gasteiger partial charge on any atom is 0.342 e. The molecule has 0 saturated carbocycles. The van der Waals surface area contributed by atoms with Gasteiger partial charge in [0.1, 0.15) is 22.9 Å². The summed E-state index contributed by atoms with van der Waals surface area (Å²) < 4.78 is 60.1. The third-order valence-electron chi connectivity index (χ3n) is 4.01. The van der Waals surface area contributed by atoms with Crippen molar-refractivity contribution in [2.75, 3.05) is 19.0 Å². The first-order chi connectivity index (χ1) is 15.1. The smallest absolute Gasteiger partial charge is 0.342 e. The van der Waals surface area contributed by atoms with Crippen LogP contribution in [-0.4, -0.2) is 39.0 Å². The average molecular weight is 483 g/mol. The average Bonchev–Trinajstić information content (AvgIpc) is 3.20. The first-order valence-electron chi connectivity index (χ1n) is 8.67. The van der Waals surface area contributed by atoms with Crippen LogP contribution in [0, 0.1) is 11.6 Å². The Balaban J connectivity index is 1.66. The van der Waals surface area contributed by atoms with Crippen molar-refractivity contribution in [1.29, 1.82) is 0 Å². The summed E-state index contributed by atoms with van der Waals surface area (Å²) >= 11 is 0.955. The van der Waals surface area contributed by atoms with Gasteiger partial charge in [-0.1, -0.05) is 0 Å². The highest BCUT2D eigenvalue weighted by Crippen LogP contribution is 2.28. The number of nitrogens with one attached hydrogen (secondary N) is 1. The number of hydrogen-bond acceptors (Lipinski definition) is 8. The molecule has 0 aliphatic carbocycles. The number of rotatable bonds is 7. The van der Waals surface area contributed by atoms with E-state index >= 15 is 0 Å². The number of aromatic nitrogens is 1. The van der Waals surface area contributed by atoms with Crippen molar-refractivity contribution in [3.63, 3.8) is 0 Å². The van der Waals surface area contributed by atoms with E-state index in [4.69, 9.17) is 14.6 Å². The molecule has 3 aromatic rings. The summed E-state index contributed by atoms with van der Waals surface area (Å²) in [6.07, 6.45) is 0. The number of thiazole rings is 1. The number of benzene rings is 2. The summed E-state index contributed by atoms with van der Waals surface area (Å²) in [6, 6.07) is 6.24. The lowest BCUT2D eigenvalue weighted by Gasteiger charge is -2.10. The number of amides is 1. The lowest BCUT2D eigenvalue weighted by atomic mass is 10.1. The number of primary sulfonamides is 1. The second kappa shape index (κ2) is 9.38. The number of carbonyl (C=O) groups excluding carboxylic acids is 2. The van der Waals surface area contributed by atoms with Crippen molar-refractivity contribution in [3.05, 3.63) is 59.0 Å². The number of nitrogens with two attached hydrogens (primary N) is 1. The van der Waals surface area contributed by atoms with E-state index in [1.54, 1.807) is 0 Å². The Morgan fingerprint density at radius 2 is 1.94 bits per heavy atom. The lowest BCUT2D eigenvalue weighted by Crippen LogP contribution is -2.21. The van der Waals surface area contributed by atoms with Gasteiger partial charge in [-0.15, -0.1) is 11.3 Å². The third kappa shape index (κ3) is 5.43. The number of halogens is 2. The van der Waals surface area contributed by atoms with Gasteiger partial charge in [-0.05, 0) is 36.4 Å². The van der Waals surface area contributed by atoms with Crippen molar-refractivity contribution >= 4 is 38.4 Å². The van der Waals surface area contributed by atoms with Crippen LogP contribution in [0.5, 0.6) is 5.75 Å². The molecule has 2 aromatic carbocycles. The monoisotopic (exact) mass is 483 g/mol. The molecule has 0 bridgehead atoms. The van der Waals surface area contributed by atoms with Crippen molar-refractivity contribution < 1.29 is 36.3 Å². The Morgan fingerprint density at radius 3 is 2.62 bits per heavy atom. The minimum atomic E-state index is -4.08. The predicted molar refractivity (Wildman–Crippen MR) is 111 cm³/mol. The molecule has 0 fully saturated rings. The molecule has 0 spiro atoms. The number of sulfonamides is 1. The van der Waals surface area contributed by atoms with Gasteiger partial charge in [0.05, 0.1) is 17.7 Å². The minimum absolute atomic E-state index is 0.0180. The zero-order chi connectivity index (χ0) is 23.5. The summed E-state index contributed by atoms with van der Waals surface area (Å²) in [5.41, 5.74) is -0.205. The normalized spacial score (nSPS) is 11.1. The van der Waals surface area contributed by atoms with Crippen molar-refractivity contribution in [3.8, 4) is 17.0 Å². The lowest BCUT2D eigenvalue weighted by molar-refractivity contribution is -0.119. The minimum Gasteiger partial charge on any atom is -0.496 e. The highest BCUT2D eigenvalue weighted by Gasteiger charge is 2.20. The molecule has 0 aliphatic heterocycles. The molecule has 13 heteroatoms. The van der Waals surface area contributed by atoms with Crippen LogP contribution < -0.4 is 15.2 Å². The van der Waals surface area contributed by atoms with Crippen LogP contribution >= 0.6 is 11.3 Å². The molecule has 3 N–H and O–H groups in total. The van der Waals surface area contributed by atoms with Gasteiger partial charge in [-0.25, -0.2) is 32.1 Å². The fourth-order valence-electron chi connectivity index (χ4n) is 2.54. The molecule has 168 valence electrons. The van der Waals surface area contributed by atoms with Crippen LogP contribution in [0.15, 0.2) is 46.7 Å². The van der Waals surface area contributed by atoms with Gasteiger partial charge in [0.2, 0.25) is 10.0 Å². The van der Waals surface area contributed by atoms with Crippen LogP contribution in [0.3, 0.4) is 0 Å². The second-order valence-electron chi connectivity index (χ2n) is 6.19. The van der Waals surface area contributed by atoms with Gasteiger partial charge in [0.25, 0.3) is 5.91 Å². The maximum absolute atomic E-state index is 13.9. The summed E-state index contributed by atoms with van der Waals surface area (Å²) in [5, 5.41) is 8.91. The number of hydrogen-bond donors (Lipinski definition) is 2. The highest BCUT2D eigenvalue weighted by atomic mass is 32.2. The largest absolute Gasteiger partial charge is 0.496 e. The van der Waals surface area contributed by atoms with Crippen LogP contribution in [0.2, 0.25) is 0 Å². The van der Waals surface area contributed by atoms with Crippen LogP contribution in [0.1, 0.15) is 10.4 Å².